The second-order valence-corrected chi connectivity index (χ2v) is 4.72. The van der Waals surface area contributed by atoms with E-state index in [1.807, 2.05) is 0 Å². The second-order valence-electron chi connectivity index (χ2n) is 4.72. The maximum atomic E-state index is 11.6. The summed E-state index contributed by atoms with van der Waals surface area (Å²) in [4.78, 5) is 15.5. The molecule has 1 unspecified atom stereocenters. The summed E-state index contributed by atoms with van der Waals surface area (Å²) in [6.45, 7) is 2.90. The molecule has 0 spiro atoms. The van der Waals surface area contributed by atoms with Crippen LogP contribution in [0.25, 0.3) is 0 Å². The zero-order chi connectivity index (χ0) is 12.1. The van der Waals surface area contributed by atoms with Gasteiger partial charge in [-0.15, -0.1) is 0 Å². The number of carbonyl (C=O) groups is 1. The Kier molecular flexibility index (Phi) is 5.18. The van der Waals surface area contributed by atoms with Gasteiger partial charge in [0.15, 0.2) is 0 Å². The molecule has 94 valence electrons. The molecule has 5 nitrogen and oxygen atoms in total. The molecule has 1 saturated heterocycles. The summed E-state index contributed by atoms with van der Waals surface area (Å²) in [7, 11) is 3.85. The van der Waals surface area contributed by atoms with Crippen molar-refractivity contribution in [2.45, 2.75) is 18.9 Å². The van der Waals surface area contributed by atoms with E-state index in [1.165, 1.54) is 0 Å². The monoisotopic (exact) mass is 229 g/mol. The van der Waals surface area contributed by atoms with E-state index in [-0.39, 0.29) is 12.5 Å². The predicted molar refractivity (Wildman–Crippen MR) is 62.9 cm³/mol. The molecular formula is C11H23N3O2. The lowest BCUT2D eigenvalue weighted by Crippen LogP contribution is -2.44. The molecule has 1 aliphatic rings. The van der Waals surface area contributed by atoms with Crippen molar-refractivity contribution in [1.82, 2.24) is 9.80 Å². The SMILES string of the molecule is CN1CCC(CN(C)C(=O)C(O)CN)CC1. The Balaban J connectivity index is 2.33. The van der Waals surface area contributed by atoms with Gasteiger partial charge in [-0.3, -0.25) is 4.79 Å². The maximum absolute atomic E-state index is 11.6. The molecule has 5 heteroatoms. The molecule has 0 aromatic rings. The van der Waals surface area contributed by atoms with Crippen molar-refractivity contribution in [2.24, 2.45) is 11.7 Å². The Morgan fingerprint density at radius 1 is 1.56 bits per heavy atom. The summed E-state index contributed by atoms with van der Waals surface area (Å²) in [5, 5.41) is 9.34. The zero-order valence-electron chi connectivity index (χ0n) is 10.2. The molecular weight excluding hydrogens is 206 g/mol. The van der Waals surface area contributed by atoms with Crippen LogP contribution in [-0.2, 0) is 4.79 Å². The fourth-order valence-corrected chi connectivity index (χ4v) is 2.08. The lowest BCUT2D eigenvalue weighted by molar-refractivity contribution is -0.139. The van der Waals surface area contributed by atoms with Crippen LogP contribution in [0.15, 0.2) is 0 Å². The normalized spacial score (nSPS) is 20.8. The number of likely N-dealkylation sites (tertiary alicyclic amines) is 1. The molecule has 0 radical (unpaired) electrons. The number of hydrogen-bond acceptors (Lipinski definition) is 4. The lowest BCUT2D eigenvalue weighted by Gasteiger charge is -2.32. The summed E-state index contributed by atoms with van der Waals surface area (Å²) in [5.74, 6) is 0.288. The molecule has 1 fully saturated rings. The summed E-state index contributed by atoms with van der Waals surface area (Å²) in [6.07, 6.45) is 1.19. The molecule has 0 aromatic heterocycles. The van der Waals surface area contributed by atoms with E-state index in [4.69, 9.17) is 5.73 Å². The summed E-state index contributed by atoms with van der Waals surface area (Å²) in [5.41, 5.74) is 5.26. The molecule has 0 bridgehead atoms. The zero-order valence-corrected chi connectivity index (χ0v) is 10.2. The van der Waals surface area contributed by atoms with Crippen molar-refractivity contribution in [3.63, 3.8) is 0 Å². The van der Waals surface area contributed by atoms with Gasteiger partial charge in [-0.2, -0.15) is 0 Å². The summed E-state index contributed by atoms with van der Waals surface area (Å²) >= 11 is 0. The minimum absolute atomic E-state index is 0.00340. The third-order valence-electron chi connectivity index (χ3n) is 3.25. The summed E-state index contributed by atoms with van der Waals surface area (Å²) < 4.78 is 0. The van der Waals surface area contributed by atoms with Crippen molar-refractivity contribution in [2.75, 3.05) is 40.3 Å². The molecule has 1 rings (SSSR count). The number of piperidine rings is 1. The van der Waals surface area contributed by atoms with Gasteiger partial charge >= 0.3 is 0 Å². The number of hydrogen-bond donors (Lipinski definition) is 2. The Hall–Kier alpha value is -0.650. The van der Waals surface area contributed by atoms with Crippen molar-refractivity contribution in [3.05, 3.63) is 0 Å². The van der Waals surface area contributed by atoms with Crippen LogP contribution in [0, 0.1) is 5.92 Å². The minimum atomic E-state index is -1.05. The van der Waals surface area contributed by atoms with Gasteiger partial charge < -0.3 is 20.6 Å². The minimum Gasteiger partial charge on any atom is -0.382 e. The fourth-order valence-electron chi connectivity index (χ4n) is 2.08. The number of nitrogens with two attached hydrogens (primary N) is 1. The molecule has 0 aromatic carbocycles. The van der Waals surface area contributed by atoms with Crippen molar-refractivity contribution < 1.29 is 9.90 Å². The first kappa shape index (κ1) is 13.4. The molecule has 0 aliphatic carbocycles. The first-order valence-corrected chi connectivity index (χ1v) is 5.86. The number of aliphatic hydroxyl groups excluding tert-OH is 1. The quantitative estimate of drug-likeness (QED) is 0.656. The van der Waals surface area contributed by atoms with Crippen molar-refractivity contribution in [3.8, 4) is 0 Å². The highest BCUT2D eigenvalue weighted by Gasteiger charge is 2.23. The molecule has 1 aliphatic heterocycles. The van der Waals surface area contributed by atoms with E-state index in [9.17, 15) is 9.90 Å². The van der Waals surface area contributed by atoms with Crippen LogP contribution < -0.4 is 5.73 Å². The van der Waals surface area contributed by atoms with Crippen molar-refractivity contribution in [1.29, 1.82) is 0 Å². The highest BCUT2D eigenvalue weighted by Crippen LogP contribution is 2.16. The van der Waals surface area contributed by atoms with Gasteiger partial charge in [0.1, 0.15) is 6.10 Å². The standard InChI is InChI=1S/C11H23N3O2/c1-13-5-3-9(4-6-13)8-14(2)11(16)10(15)7-12/h9-10,15H,3-8,12H2,1-2H3. The average molecular weight is 229 g/mol. The van der Waals surface area contributed by atoms with Gasteiger partial charge in [0, 0.05) is 20.1 Å². The van der Waals surface area contributed by atoms with E-state index in [1.54, 1.807) is 11.9 Å². The molecule has 1 heterocycles. The number of aliphatic hydroxyl groups is 1. The molecule has 1 atom stereocenters. The highest BCUT2D eigenvalue weighted by atomic mass is 16.3. The van der Waals surface area contributed by atoms with E-state index < -0.39 is 6.10 Å². The van der Waals surface area contributed by atoms with Gasteiger partial charge in [0.2, 0.25) is 0 Å². The number of carbonyl (C=O) groups excluding carboxylic acids is 1. The van der Waals surface area contributed by atoms with Gasteiger partial charge in [-0.05, 0) is 38.9 Å². The maximum Gasteiger partial charge on any atom is 0.252 e. The first-order chi connectivity index (χ1) is 7.54. The van der Waals surface area contributed by atoms with E-state index in [0.717, 1.165) is 32.5 Å². The lowest BCUT2D eigenvalue weighted by atomic mass is 9.96. The van der Waals surface area contributed by atoms with Crippen LogP contribution in [0.3, 0.4) is 0 Å². The van der Waals surface area contributed by atoms with Gasteiger partial charge in [-0.25, -0.2) is 0 Å². The Morgan fingerprint density at radius 2 is 2.12 bits per heavy atom. The van der Waals surface area contributed by atoms with Gasteiger partial charge in [0.05, 0.1) is 0 Å². The predicted octanol–water partition coefficient (Wildman–Crippen LogP) is -0.894. The van der Waals surface area contributed by atoms with Gasteiger partial charge in [0.25, 0.3) is 5.91 Å². The third-order valence-corrected chi connectivity index (χ3v) is 3.25. The van der Waals surface area contributed by atoms with E-state index >= 15 is 0 Å². The molecule has 16 heavy (non-hydrogen) atoms. The third kappa shape index (κ3) is 3.73. The van der Waals surface area contributed by atoms with Crippen molar-refractivity contribution >= 4 is 5.91 Å². The molecule has 0 saturated carbocycles. The van der Waals surface area contributed by atoms with Crippen LogP contribution >= 0.6 is 0 Å². The smallest absolute Gasteiger partial charge is 0.252 e. The van der Waals surface area contributed by atoms with Crippen LogP contribution in [0.2, 0.25) is 0 Å². The van der Waals surface area contributed by atoms with E-state index in [2.05, 4.69) is 11.9 Å². The number of amides is 1. The highest BCUT2D eigenvalue weighted by molar-refractivity contribution is 5.80. The summed E-state index contributed by atoms with van der Waals surface area (Å²) in [6, 6.07) is 0. The fraction of sp³-hybridized carbons (Fsp3) is 0.909. The number of nitrogens with zero attached hydrogens (tertiary/aromatic N) is 2. The average Bonchev–Trinajstić information content (AvgIpc) is 2.30. The molecule has 3 N–H and O–H groups in total. The van der Waals surface area contributed by atoms with E-state index in [0.29, 0.717) is 5.92 Å². The topological polar surface area (TPSA) is 69.8 Å². The molecule has 1 amide bonds. The van der Waals surface area contributed by atoms with Crippen LogP contribution in [0.4, 0.5) is 0 Å². The Bertz CT molecular complexity index is 227. The first-order valence-electron chi connectivity index (χ1n) is 5.86. The number of rotatable bonds is 4. The largest absolute Gasteiger partial charge is 0.382 e. The Morgan fingerprint density at radius 3 is 2.62 bits per heavy atom. The van der Waals surface area contributed by atoms with Crippen LogP contribution in [0.5, 0.6) is 0 Å². The Labute approximate surface area is 97.2 Å². The van der Waals surface area contributed by atoms with Gasteiger partial charge in [-0.1, -0.05) is 0 Å². The van der Waals surface area contributed by atoms with Crippen LogP contribution in [0.1, 0.15) is 12.8 Å². The second kappa shape index (κ2) is 6.18. The number of likely N-dealkylation sites (N-methyl/N-ethyl adjacent to an activating group) is 1. The van der Waals surface area contributed by atoms with Crippen LogP contribution in [-0.4, -0.2) is 67.2 Å².